The maximum absolute atomic E-state index is 3.95. The van der Waals surface area contributed by atoms with Crippen molar-refractivity contribution in [1.82, 2.24) is 13.3 Å². The zero-order chi connectivity index (χ0) is 9.97. The van der Waals surface area contributed by atoms with Crippen molar-refractivity contribution in [3.05, 3.63) is 28.1 Å². The Kier molecular flexibility index (Phi) is 2.67. The Bertz CT molecular complexity index is 405. The molecule has 14 heavy (non-hydrogen) atoms. The number of nitrogens with one attached hydrogen (secondary N) is 1. The normalized spacial score (nSPS) is 16.1. The third-order valence-electron chi connectivity index (χ3n) is 1.86. The molecule has 1 aromatic rings. The molecule has 1 N–H and O–H groups in total. The topological polar surface area (TPSA) is 44.3 Å². The van der Waals surface area contributed by atoms with Gasteiger partial charge in [-0.1, -0.05) is 0 Å². The molecule has 0 radical (unpaired) electrons. The van der Waals surface area contributed by atoms with Crippen molar-refractivity contribution in [2.45, 2.75) is 0 Å². The van der Waals surface area contributed by atoms with Gasteiger partial charge in [0, 0.05) is 0 Å². The van der Waals surface area contributed by atoms with Crippen LogP contribution in [-0.2, 0) is 0 Å². The second-order valence-electron chi connectivity index (χ2n) is 2.79. The van der Waals surface area contributed by atoms with Gasteiger partial charge in [0.1, 0.15) is 0 Å². The van der Waals surface area contributed by atoms with E-state index in [1.54, 1.807) is 6.20 Å². The van der Waals surface area contributed by atoms with Crippen molar-refractivity contribution in [2.24, 2.45) is 4.99 Å². The number of hydrogen-bond donors (Lipinski definition) is 1. The molecule has 0 saturated heterocycles. The van der Waals surface area contributed by atoms with Crippen LogP contribution >= 0.6 is 0 Å². The molecule has 1 aromatic heterocycles. The summed E-state index contributed by atoms with van der Waals surface area (Å²) < 4.78 is 4.43. The summed E-state index contributed by atoms with van der Waals surface area (Å²) >= 11 is 0.0326. The molecule has 4 nitrogen and oxygen atoms in total. The van der Waals surface area contributed by atoms with E-state index >= 15 is 0 Å². The van der Waals surface area contributed by atoms with Crippen LogP contribution in [0, 0.1) is 0 Å². The number of aromatic nitrogens is 2. The second kappa shape index (κ2) is 3.95. The van der Waals surface area contributed by atoms with Gasteiger partial charge >= 0.3 is 93.1 Å². The molecule has 0 amide bonds. The van der Waals surface area contributed by atoms with Crippen molar-refractivity contribution in [2.75, 3.05) is 7.05 Å². The standard InChI is InChI=1S/C9H10IN4/c1-11-9-8(5-12-13-9)7-3-4-10-14(2)6-7/h3-6H,1H2,2H3,(H,12,13)/q-1. The van der Waals surface area contributed by atoms with Crippen LogP contribution in [0.2, 0.25) is 0 Å². The first kappa shape index (κ1) is 9.45. The fourth-order valence-corrected chi connectivity index (χ4v) is 2.73. The van der Waals surface area contributed by atoms with Crippen LogP contribution in [0.4, 0.5) is 5.82 Å². The Balaban J connectivity index is 2.39. The van der Waals surface area contributed by atoms with Gasteiger partial charge in [-0.2, -0.15) is 0 Å². The third kappa shape index (κ3) is 1.72. The van der Waals surface area contributed by atoms with E-state index in [1.165, 1.54) is 0 Å². The van der Waals surface area contributed by atoms with Gasteiger partial charge in [0.2, 0.25) is 0 Å². The summed E-state index contributed by atoms with van der Waals surface area (Å²) in [6.45, 7) is 3.50. The molecule has 2 heterocycles. The van der Waals surface area contributed by atoms with Crippen molar-refractivity contribution >= 4 is 18.1 Å². The number of nitrogens with zero attached hydrogens (tertiary/aromatic N) is 3. The fourth-order valence-electron chi connectivity index (χ4n) is 1.22. The van der Waals surface area contributed by atoms with E-state index in [0.717, 1.165) is 17.0 Å². The van der Waals surface area contributed by atoms with Crippen LogP contribution in [0.1, 0.15) is 5.56 Å². The van der Waals surface area contributed by atoms with Gasteiger partial charge in [0.15, 0.2) is 0 Å². The Morgan fingerprint density at radius 1 is 1.64 bits per heavy atom. The van der Waals surface area contributed by atoms with E-state index in [4.69, 9.17) is 0 Å². The molecule has 74 valence electrons. The number of hydrogen-bond acceptors (Lipinski definition) is 3. The molecule has 1 aliphatic rings. The number of allylic oxidation sites excluding steroid dienone is 2. The minimum atomic E-state index is 0.0326. The molecule has 0 bridgehead atoms. The monoisotopic (exact) mass is 301 g/mol. The van der Waals surface area contributed by atoms with Crippen LogP contribution in [0.25, 0.3) is 5.57 Å². The van der Waals surface area contributed by atoms with E-state index in [9.17, 15) is 0 Å². The van der Waals surface area contributed by atoms with E-state index < -0.39 is 0 Å². The second-order valence-corrected chi connectivity index (χ2v) is 5.59. The summed E-state index contributed by atoms with van der Waals surface area (Å²) in [4.78, 5) is 3.88. The zero-order valence-corrected chi connectivity index (χ0v) is 9.89. The van der Waals surface area contributed by atoms with Crippen molar-refractivity contribution in [1.29, 1.82) is 0 Å². The molecule has 0 aromatic carbocycles. The quantitative estimate of drug-likeness (QED) is 0.412. The fraction of sp³-hybridized carbons (Fsp3) is 0.111. The predicted octanol–water partition coefficient (Wildman–Crippen LogP) is -1.45. The molecule has 0 fully saturated rings. The van der Waals surface area contributed by atoms with Gasteiger partial charge in [0.25, 0.3) is 0 Å². The first-order valence-corrected chi connectivity index (χ1v) is 6.27. The number of halogens is 1. The summed E-state index contributed by atoms with van der Waals surface area (Å²) in [5.74, 6) is 0.731. The number of rotatable bonds is 2. The average Bonchev–Trinajstić information content (AvgIpc) is 2.65. The predicted molar refractivity (Wildman–Crippen MR) is 52.7 cm³/mol. The summed E-state index contributed by atoms with van der Waals surface area (Å²) in [6, 6.07) is 0. The van der Waals surface area contributed by atoms with Crippen LogP contribution in [0.5, 0.6) is 0 Å². The molecule has 0 aliphatic carbocycles. The van der Waals surface area contributed by atoms with E-state index in [2.05, 4.69) is 48.4 Å². The molecule has 2 rings (SSSR count). The van der Waals surface area contributed by atoms with Gasteiger partial charge < -0.3 is 0 Å². The minimum absolute atomic E-state index is 0.0326. The van der Waals surface area contributed by atoms with Gasteiger partial charge in [-0.3, -0.25) is 0 Å². The zero-order valence-electron chi connectivity index (χ0n) is 7.74. The van der Waals surface area contributed by atoms with Crippen LogP contribution in [-0.4, -0.2) is 27.1 Å². The summed E-state index contributed by atoms with van der Waals surface area (Å²) in [5.41, 5.74) is 2.14. The van der Waals surface area contributed by atoms with Gasteiger partial charge in [-0.05, 0) is 0 Å². The number of H-pyrrole nitrogens is 1. The Morgan fingerprint density at radius 2 is 2.50 bits per heavy atom. The first-order chi connectivity index (χ1) is 6.81. The van der Waals surface area contributed by atoms with Crippen LogP contribution < -0.4 is 21.5 Å². The maximum atomic E-state index is 3.95. The summed E-state index contributed by atoms with van der Waals surface area (Å²) in [5, 5.41) is 6.75. The van der Waals surface area contributed by atoms with Crippen molar-refractivity contribution in [3.63, 3.8) is 0 Å². The third-order valence-corrected chi connectivity index (χ3v) is 3.70. The van der Waals surface area contributed by atoms with Crippen LogP contribution in [0.3, 0.4) is 0 Å². The Hall–Kier alpha value is -1.11. The molecule has 0 unspecified atom stereocenters. The van der Waals surface area contributed by atoms with Gasteiger partial charge in [-0.25, -0.2) is 0 Å². The van der Waals surface area contributed by atoms with E-state index in [0.29, 0.717) is 0 Å². The number of aliphatic imine (C=N–C) groups is 1. The summed E-state index contributed by atoms with van der Waals surface area (Å²) in [7, 11) is 2.08. The summed E-state index contributed by atoms with van der Waals surface area (Å²) in [6.07, 6.45) is 6.01. The van der Waals surface area contributed by atoms with E-state index in [1.807, 2.05) is 0 Å². The van der Waals surface area contributed by atoms with Crippen molar-refractivity contribution in [3.8, 4) is 0 Å². The molecule has 0 saturated carbocycles. The van der Waals surface area contributed by atoms with E-state index in [-0.39, 0.29) is 21.5 Å². The Morgan fingerprint density at radius 3 is 3.21 bits per heavy atom. The number of aromatic amines is 1. The average molecular weight is 301 g/mol. The Labute approximate surface area is 93.0 Å². The molecule has 5 heteroatoms. The molecule has 0 spiro atoms. The molecular weight excluding hydrogens is 291 g/mol. The molecule has 1 aliphatic heterocycles. The first-order valence-electron chi connectivity index (χ1n) is 4.06. The van der Waals surface area contributed by atoms with Gasteiger partial charge in [0.05, 0.1) is 0 Å². The molecule has 0 atom stereocenters. The van der Waals surface area contributed by atoms with Gasteiger partial charge in [-0.15, -0.1) is 0 Å². The van der Waals surface area contributed by atoms with Crippen LogP contribution in [0.15, 0.2) is 27.5 Å². The SMILES string of the molecule is C=Nc1[nH]ncc1C1=CN(C)[I-]C=C1. The molecular formula is C9H10IN4-. The van der Waals surface area contributed by atoms with Crippen molar-refractivity contribution < 1.29 is 21.5 Å².